The van der Waals surface area contributed by atoms with Crippen molar-refractivity contribution in [2.24, 2.45) is 11.0 Å². The summed E-state index contributed by atoms with van der Waals surface area (Å²) >= 11 is 3.38. The third-order valence-corrected chi connectivity index (χ3v) is 5.20. The molecule has 1 saturated heterocycles. The number of carbonyl (C=O) groups excluding carboxylic acids is 2. The van der Waals surface area contributed by atoms with Gasteiger partial charge in [0, 0.05) is 23.1 Å². The second-order valence-electron chi connectivity index (χ2n) is 6.89. The molecule has 2 amide bonds. The first-order valence-corrected chi connectivity index (χ1v) is 10.5. The van der Waals surface area contributed by atoms with Crippen molar-refractivity contribution >= 4 is 39.6 Å². The predicted molar refractivity (Wildman–Crippen MR) is 117 cm³/mol. The van der Waals surface area contributed by atoms with Crippen LogP contribution in [0.3, 0.4) is 0 Å². The summed E-state index contributed by atoms with van der Waals surface area (Å²) in [5.41, 5.74) is 4.19. The maximum atomic E-state index is 12.4. The van der Waals surface area contributed by atoms with E-state index >= 15 is 0 Å². The molecule has 0 bridgehead atoms. The maximum Gasteiger partial charge on any atom is 0.245 e. The summed E-state index contributed by atoms with van der Waals surface area (Å²) in [6, 6.07) is 15.0. The van der Waals surface area contributed by atoms with E-state index in [0.717, 1.165) is 34.3 Å². The molecule has 0 aromatic heterocycles. The Bertz CT molecular complexity index is 866. The molecule has 1 atom stereocenters. The average Bonchev–Trinajstić information content (AvgIpc) is 3.12. The molecule has 1 N–H and O–H groups in total. The molecule has 1 aliphatic rings. The van der Waals surface area contributed by atoms with Crippen LogP contribution in [0.25, 0.3) is 0 Å². The lowest BCUT2D eigenvalue weighted by atomic mass is 10.1. The Hall–Kier alpha value is -2.67. The van der Waals surface area contributed by atoms with E-state index in [-0.39, 0.29) is 18.2 Å². The minimum Gasteiger partial charge on any atom is -0.494 e. The molecule has 1 aliphatic heterocycles. The molecule has 152 valence electrons. The molecule has 29 heavy (non-hydrogen) atoms. The molecule has 0 aliphatic carbocycles. The van der Waals surface area contributed by atoms with Crippen LogP contribution in [-0.2, 0) is 9.59 Å². The molecule has 3 rings (SSSR count). The fraction of sp³-hybridized carbons (Fsp3) is 0.318. The van der Waals surface area contributed by atoms with E-state index in [4.69, 9.17) is 4.74 Å². The highest BCUT2D eigenvalue weighted by Gasteiger charge is 2.35. The third-order valence-electron chi connectivity index (χ3n) is 4.67. The van der Waals surface area contributed by atoms with E-state index in [1.54, 1.807) is 11.1 Å². The van der Waals surface area contributed by atoms with Crippen LogP contribution in [0.4, 0.5) is 5.69 Å². The van der Waals surface area contributed by atoms with Gasteiger partial charge in [-0.1, -0.05) is 29.3 Å². The standard InChI is InChI=1S/C22H24BrN3O3/c1-2-3-12-29-20-10-4-16(5-11-20)14-24-25-22(28)17-13-21(27)26(15-17)19-8-6-18(23)7-9-19/h4-11,14,17H,2-3,12-13,15H2,1H3,(H,25,28)/b24-14-/t17-/m1/s1. The highest BCUT2D eigenvalue weighted by atomic mass is 79.9. The molecule has 0 unspecified atom stereocenters. The number of halogens is 1. The summed E-state index contributed by atoms with van der Waals surface area (Å²) in [6.07, 6.45) is 3.88. The van der Waals surface area contributed by atoms with Crippen molar-refractivity contribution < 1.29 is 14.3 Å². The zero-order valence-electron chi connectivity index (χ0n) is 16.3. The van der Waals surface area contributed by atoms with Crippen molar-refractivity contribution in [1.82, 2.24) is 5.43 Å². The number of rotatable bonds is 8. The number of amides is 2. The van der Waals surface area contributed by atoms with Crippen LogP contribution in [0.2, 0.25) is 0 Å². The van der Waals surface area contributed by atoms with Gasteiger partial charge in [-0.25, -0.2) is 5.43 Å². The van der Waals surface area contributed by atoms with Gasteiger partial charge in [0.1, 0.15) is 5.75 Å². The highest BCUT2D eigenvalue weighted by Crippen LogP contribution is 2.26. The van der Waals surface area contributed by atoms with Crippen molar-refractivity contribution in [3.05, 3.63) is 58.6 Å². The number of nitrogens with one attached hydrogen (secondary N) is 1. The van der Waals surface area contributed by atoms with Gasteiger partial charge in [0.25, 0.3) is 0 Å². The van der Waals surface area contributed by atoms with Gasteiger partial charge in [-0.15, -0.1) is 0 Å². The van der Waals surface area contributed by atoms with Crippen LogP contribution in [0.15, 0.2) is 58.1 Å². The fourth-order valence-corrected chi connectivity index (χ4v) is 3.26. The van der Waals surface area contributed by atoms with Crippen molar-refractivity contribution in [2.75, 3.05) is 18.1 Å². The zero-order chi connectivity index (χ0) is 20.6. The van der Waals surface area contributed by atoms with Crippen LogP contribution in [0.1, 0.15) is 31.7 Å². The Balaban J connectivity index is 1.50. The molecular weight excluding hydrogens is 434 g/mol. The van der Waals surface area contributed by atoms with E-state index < -0.39 is 5.92 Å². The van der Waals surface area contributed by atoms with Crippen LogP contribution < -0.4 is 15.1 Å². The number of benzene rings is 2. The molecule has 0 saturated carbocycles. The van der Waals surface area contributed by atoms with Crippen molar-refractivity contribution in [1.29, 1.82) is 0 Å². The monoisotopic (exact) mass is 457 g/mol. The topological polar surface area (TPSA) is 71.0 Å². The predicted octanol–water partition coefficient (Wildman–Crippen LogP) is 4.13. The molecular formula is C22H24BrN3O3. The lowest BCUT2D eigenvalue weighted by molar-refractivity contribution is -0.126. The Morgan fingerprint density at radius 1 is 1.24 bits per heavy atom. The Labute approximate surface area is 179 Å². The van der Waals surface area contributed by atoms with E-state index in [9.17, 15) is 9.59 Å². The van der Waals surface area contributed by atoms with Crippen molar-refractivity contribution in [3.8, 4) is 5.75 Å². The molecule has 2 aromatic rings. The van der Waals surface area contributed by atoms with Gasteiger partial charge >= 0.3 is 0 Å². The maximum absolute atomic E-state index is 12.4. The SMILES string of the molecule is CCCCOc1ccc(/C=N\NC(=O)[C@@H]2CC(=O)N(c3ccc(Br)cc3)C2)cc1. The molecule has 1 fully saturated rings. The van der Waals surface area contributed by atoms with Crippen LogP contribution in [0.5, 0.6) is 5.75 Å². The minimum absolute atomic E-state index is 0.0601. The summed E-state index contributed by atoms with van der Waals surface area (Å²) in [7, 11) is 0. The van der Waals surface area contributed by atoms with Gasteiger partial charge in [-0.2, -0.15) is 5.10 Å². The number of nitrogens with zero attached hydrogens (tertiary/aromatic N) is 2. The molecule has 0 radical (unpaired) electrons. The van der Waals surface area contributed by atoms with E-state index in [0.29, 0.717) is 13.2 Å². The largest absolute Gasteiger partial charge is 0.494 e. The van der Waals surface area contributed by atoms with Gasteiger partial charge in [0.2, 0.25) is 11.8 Å². The lowest BCUT2D eigenvalue weighted by Gasteiger charge is -2.16. The third kappa shape index (κ3) is 5.90. The fourth-order valence-electron chi connectivity index (χ4n) is 3.00. The molecule has 7 heteroatoms. The number of unbranched alkanes of at least 4 members (excludes halogenated alkanes) is 1. The molecule has 0 spiro atoms. The Kier molecular flexibility index (Phi) is 7.41. The van der Waals surface area contributed by atoms with Crippen LogP contribution in [0, 0.1) is 5.92 Å². The average molecular weight is 458 g/mol. The molecule has 1 heterocycles. The number of hydrazone groups is 1. The van der Waals surface area contributed by atoms with Crippen LogP contribution in [-0.4, -0.2) is 31.2 Å². The van der Waals surface area contributed by atoms with E-state index in [1.165, 1.54) is 0 Å². The first-order chi connectivity index (χ1) is 14.1. The first-order valence-electron chi connectivity index (χ1n) is 9.68. The first kappa shape index (κ1) is 21.0. The van der Waals surface area contributed by atoms with E-state index in [1.807, 2.05) is 48.5 Å². The number of hydrogen-bond donors (Lipinski definition) is 1. The van der Waals surface area contributed by atoms with Gasteiger partial charge < -0.3 is 9.64 Å². The number of carbonyl (C=O) groups is 2. The quantitative estimate of drug-likeness (QED) is 0.368. The summed E-state index contributed by atoms with van der Waals surface area (Å²) < 4.78 is 6.56. The summed E-state index contributed by atoms with van der Waals surface area (Å²) in [6.45, 7) is 3.18. The number of anilines is 1. The molecule has 2 aromatic carbocycles. The van der Waals surface area contributed by atoms with E-state index in [2.05, 4.69) is 33.4 Å². The highest BCUT2D eigenvalue weighted by molar-refractivity contribution is 9.10. The van der Waals surface area contributed by atoms with Gasteiger partial charge in [-0.3, -0.25) is 9.59 Å². The second-order valence-corrected chi connectivity index (χ2v) is 7.80. The lowest BCUT2D eigenvalue weighted by Crippen LogP contribution is -2.30. The Morgan fingerprint density at radius 2 is 1.97 bits per heavy atom. The number of ether oxygens (including phenoxy) is 1. The van der Waals surface area contributed by atoms with Gasteiger partial charge in [-0.05, 0) is 60.5 Å². The normalized spacial score (nSPS) is 16.4. The summed E-state index contributed by atoms with van der Waals surface area (Å²) in [5.74, 6) is 0.0821. The second kappa shape index (κ2) is 10.2. The van der Waals surface area contributed by atoms with Gasteiger partial charge in [0.15, 0.2) is 0 Å². The smallest absolute Gasteiger partial charge is 0.245 e. The Morgan fingerprint density at radius 3 is 2.66 bits per heavy atom. The summed E-state index contributed by atoms with van der Waals surface area (Å²) in [5, 5.41) is 4.02. The van der Waals surface area contributed by atoms with Gasteiger partial charge in [0.05, 0.1) is 18.7 Å². The van der Waals surface area contributed by atoms with Crippen molar-refractivity contribution in [3.63, 3.8) is 0 Å². The van der Waals surface area contributed by atoms with Crippen LogP contribution >= 0.6 is 15.9 Å². The van der Waals surface area contributed by atoms with Crippen molar-refractivity contribution in [2.45, 2.75) is 26.2 Å². The minimum atomic E-state index is -0.419. The number of hydrogen-bond acceptors (Lipinski definition) is 4. The zero-order valence-corrected chi connectivity index (χ0v) is 17.9. The summed E-state index contributed by atoms with van der Waals surface area (Å²) in [4.78, 5) is 26.3. The molecule has 6 nitrogen and oxygen atoms in total.